The van der Waals surface area contributed by atoms with Crippen molar-refractivity contribution in [2.45, 2.75) is 31.9 Å². The number of aryl methyl sites for hydroxylation is 1. The van der Waals surface area contributed by atoms with E-state index in [4.69, 9.17) is 0 Å². The molecule has 4 rings (SSSR count). The zero-order valence-corrected chi connectivity index (χ0v) is 19.4. The molecule has 9 nitrogen and oxygen atoms in total. The zero-order chi connectivity index (χ0) is 26.3. The lowest BCUT2D eigenvalue weighted by molar-refractivity contribution is -0.274. The molecule has 3 heterocycles. The van der Waals surface area contributed by atoms with Crippen molar-refractivity contribution in [3.8, 4) is 17.1 Å². The van der Waals surface area contributed by atoms with Crippen LogP contribution in [0.25, 0.3) is 17.0 Å². The Hall–Kier alpha value is -4.19. The molecule has 0 spiro atoms. The number of aliphatic hydroxyl groups is 1. The second-order valence-electron chi connectivity index (χ2n) is 8.62. The number of aromatic nitrogens is 4. The smallest absolute Gasteiger partial charge is 0.406 e. The average Bonchev–Trinajstić information content (AvgIpc) is 3.14. The first kappa shape index (κ1) is 24.9. The molecule has 0 aliphatic carbocycles. The highest BCUT2D eigenvalue weighted by Crippen LogP contribution is 2.29. The molecule has 0 aliphatic rings. The maximum Gasteiger partial charge on any atom is 0.573 e. The van der Waals surface area contributed by atoms with Gasteiger partial charge in [-0.1, -0.05) is 18.2 Å². The topological polar surface area (TPSA) is 111 Å². The van der Waals surface area contributed by atoms with Crippen LogP contribution >= 0.6 is 0 Å². The summed E-state index contributed by atoms with van der Waals surface area (Å²) in [5.41, 5.74) is -0.740. The number of alkyl halides is 3. The van der Waals surface area contributed by atoms with Gasteiger partial charge >= 0.3 is 6.36 Å². The summed E-state index contributed by atoms with van der Waals surface area (Å²) in [5.74, 6) is -1.09. The fourth-order valence-corrected chi connectivity index (χ4v) is 3.80. The summed E-state index contributed by atoms with van der Waals surface area (Å²) in [6.45, 7) is 2.90. The summed E-state index contributed by atoms with van der Waals surface area (Å²) in [5, 5.41) is 13.4. The van der Waals surface area contributed by atoms with Gasteiger partial charge in [-0.25, -0.2) is 4.98 Å². The first-order chi connectivity index (χ1) is 16.8. The number of hydrogen-bond donors (Lipinski definition) is 2. The highest BCUT2D eigenvalue weighted by molar-refractivity contribution is 6.00. The molecular weight excluding hydrogens is 479 g/mol. The fourth-order valence-electron chi connectivity index (χ4n) is 3.80. The van der Waals surface area contributed by atoms with Crippen molar-refractivity contribution in [1.29, 1.82) is 0 Å². The molecule has 188 valence electrons. The minimum atomic E-state index is -4.85. The van der Waals surface area contributed by atoms with Crippen molar-refractivity contribution in [3.63, 3.8) is 0 Å². The third-order valence-electron chi connectivity index (χ3n) is 5.37. The molecule has 0 radical (unpaired) electrons. The number of carbonyl (C=O) groups is 1. The highest BCUT2D eigenvalue weighted by atomic mass is 19.4. The van der Waals surface area contributed by atoms with Crippen molar-refractivity contribution in [2.24, 2.45) is 7.05 Å². The summed E-state index contributed by atoms with van der Waals surface area (Å²) < 4.78 is 44.0. The number of rotatable bonds is 6. The molecule has 0 fully saturated rings. The quantitative estimate of drug-likeness (QED) is 0.420. The molecule has 36 heavy (non-hydrogen) atoms. The highest BCUT2D eigenvalue weighted by Gasteiger charge is 2.33. The average molecular weight is 501 g/mol. The number of pyridine rings is 1. The Morgan fingerprint density at radius 2 is 1.81 bits per heavy atom. The van der Waals surface area contributed by atoms with Crippen LogP contribution in [0.4, 0.5) is 13.2 Å². The number of fused-ring (bicyclic) bond motifs is 1. The lowest BCUT2D eigenvalue weighted by Gasteiger charge is -2.30. The van der Waals surface area contributed by atoms with E-state index in [2.05, 4.69) is 20.0 Å². The number of nitrogens with zero attached hydrogens (tertiary/aromatic N) is 4. The Kier molecular flexibility index (Phi) is 6.31. The molecule has 0 bridgehead atoms. The van der Waals surface area contributed by atoms with E-state index in [1.807, 2.05) is 0 Å². The number of ether oxygens (including phenoxy) is 1. The van der Waals surface area contributed by atoms with Gasteiger partial charge in [0.25, 0.3) is 11.5 Å². The molecule has 0 saturated heterocycles. The minimum Gasteiger partial charge on any atom is -0.406 e. The van der Waals surface area contributed by atoms with Crippen molar-refractivity contribution in [2.75, 3.05) is 0 Å². The molecule has 4 aromatic rings. The maximum absolute atomic E-state index is 13.3. The van der Waals surface area contributed by atoms with Gasteiger partial charge in [0.15, 0.2) is 5.65 Å². The molecule has 0 saturated carbocycles. The Bertz CT molecular complexity index is 1460. The van der Waals surface area contributed by atoms with Crippen LogP contribution in [0.15, 0.2) is 65.7 Å². The molecule has 1 amide bonds. The Morgan fingerprint density at radius 3 is 2.39 bits per heavy atom. The molecule has 0 unspecified atom stereocenters. The first-order valence-electron chi connectivity index (χ1n) is 10.7. The van der Waals surface area contributed by atoms with E-state index in [-0.39, 0.29) is 16.9 Å². The van der Waals surface area contributed by atoms with E-state index < -0.39 is 35.2 Å². The van der Waals surface area contributed by atoms with Crippen LogP contribution in [0.2, 0.25) is 0 Å². The lowest BCUT2D eigenvalue weighted by atomic mass is 9.91. The number of halogens is 3. The normalized spacial score (nSPS) is 13.0. The molecule has 12 heteroatoms. The third kappa shape index (κ3) is 5.23. The van der Waals surface area contributed by atoms with Crippen LogP contribution < -0.4 is 15.6 Å². The van der Waals surface area contributed by atoms with Crippen molar-refractivity contribution >= 4 is 11.6 Å². The minimum absolute atomic E-state index is 0.0543. The molecule has 1 atom stereocenters. The van der Waals surface area contributed by atoms with Crippen molar-refractivity contribution in [3.05, 3.63) is 82.4 Å². The molecular formula is C24H22F3N5O4. The SMILES string of the molecule is Cn1cc(C(=O)N[C@@H](c2ccc(OC(F)(F)F)cc2)C(C)(C)O)c2nc(-c3ccccn3)cc(=O)n21. The van der Waals surface area contributed by atoms with Gasteiger partial charge in [0.2, 0.25) is 0 Å². The van der Waals surface area contributed by atoms with E-state index in [1.165, 1.54) is 47.4 Å². The Labute approximate surface area is 202 Å². The Balaban J connectivity index is 1.70. The van der Waals surface area contributed by atoms with Crippen LogP contribution in [0.1, 0.15) is 35.8 Å². The summed E-state index contributed by atoms with van der Waals surface area (Å²) in [6, 6.07) is 10.2. The molecule has 3 aromatic heterocycles. The monoisotopic (exact) mass is 501 g/mol. The van der Waals surface area contributed by atoms with Gasteiger partial charge in [-0.3, -0.25) is 19.3 Å². The maximum atomic E-state index is 13.3. The first-order valence-corrected chi connectivity index (χ1v) is 10.7. The summed E-state index contributed by atoms with van der Waals surface area (Å²) in [7, 11) is 1.57. The van der Waals surface area contributed by atoms with Crippen molar-refractivity contribution < 1.29 is 27.8 Å². The Morgan fingerprint density at radius 1 is 1.11 bits per heavy atom. The standard InChI is InChI=1S/C24H22F3N5O4/c1-23(2,35)20(14-7-9-15(10-8-14)36-24(25,26)27)30-22(34)16-13-31(3)32-19(33)12-18(29-21(16)32)17-6-4-5-11-28-17/h4-13,20,35H,1-3H3,(H,30,34)/t20-/m0/s1. The van der Waals surface area contributed by atoms with Gasteiger partial charge in [-0.2, -0.15) is 4.52 Å². The van der Waals surface area contributed by atoms with Crippen LogP contribution in [-0.2, 0) is 7.05 Å². The van der Waals surface area contributed by atoms with Gasteiger partial charge < -0.3 is 15.2 Å². The van der Waals surface area contributed by atoms with Crippen LogP contribution in [0.3, 0.4) is 0 Å². The summed E-state index contributed by atoms with van der Waals surface area (Å²) in [4.78, 5) is 34.8. The molecule has 2 N–H and O–H groups in total. The predicted octanol–water partition coefficient (Wildman–Crippen LogP) is 3.24. The zero-order valence-electron chi connectivity index (χ0n) is 19.4. The summed E-state index contributed by atoms with van der Waals surface area (Å²) >= 11 is 0. The van der Waals surface area contributed by atoms with Crippen LogP contribution in [-0.4, -0.2) is 42.1 Å². The lowest BCUT2D eigenvalue weighted by Crippen LogP contribution is -2.42. The number of carbonyl (C=O) groups excluding carboxylic acids is 1. The number of nitrogens with one attached hydrogen (secondary N) is 1. The van der Waals surface area contributed by atoms with Gasteiger partial charge in [-0.15, -0.1) is 13.2 Å². The largest absolute Gasteiger partial charge is 0.573 e. The number of benzene rings is 1. The fraction of sp³-hybridized carbons (Fsp3) is 0.250. The van der Waals surface area contributed by atoms with Gasteiger partial charge in [0.05, 0.1) is 23.0 Å². The van der Waals surface area contributed by atoms with Crippen molar-refractivity contribution in [1.82, 2.24) is 24.5 Å². The molecule has 0 aliphatic heterocycles. The second kappa shape index (κ2) is 9.11. The predicted molar refractivity (Wildman–Crippen MR) is 123 cm³/mol. The number of amides is 1. The van der Waals surface area contributed by atoms with E-state index >= 15 is 0 Å². The number of hydrogen-bond acceptors (Lipinski definition) is 6. The molecule has 1 aromatic carbocycles. The van der Waals surface area contributed by atoms with Gasteiger partial charge in [0, 0.05) is 25.5 Å². The van der Waals surface area contributed by atoms with Gasteiger partial charge in [0.1, 0.15) is 11.3 Å². The van der Waals surface area contributed by atoms with E-state index in [1.54, 1.807) is 31.4 Å². The van der Waals surface area contributed by atoms with E-state index in [9.17, 15) is 27.9 Å². The van der Waals surface area contributed by atoms with E-state index in [0.717, 1.165) is 12.1 Å². The van der Waals surface area contributed by atoms with Crippen LogP contribution in [0.5, 0.6) is 5.75 Å². The van der Waals surface area contributed by atoms with E-state index in [0.29, 0.717) is 11.3 Å². The van der Waals surface area contributed by atoms with Gasteiger partial charge in [-0.05, 0) is 43.7 Å². The summed E-state index contributed by atoms with van der Waals surface area (Å²) in [6.07, 6.45) is -1.88. The third-order valence-corrected chi connectivity index (χ3v) is 5.37. The second-order valence-corrected chi connectivity index (χ2v) is 8.62. The van der Waals surface area contributed by atoms with Crippen LogP contribution in [0, 0.1) is 0 Å².